The van der Waals surface area contributed by atoms with E-state index in [-0.39, 0.29) is 0 Å². The van der Waals surface area contributed by atoms with Gasteiger partial charge in [0.25, 0.3) is 0 Å². The molecule has 0 fully saturated rings. The molecular weight excluding hydrogens is 703 g/mol. The van der Waals surface area contributed by atoms with Gasteiger partial charge in [-0.25, -0.2) is 0 Å². The molecule has 11 rings (SSSR count). The van der Waals surface area contributed by atoms with Crippen molar-refractivity contribution in [1.29, 1.82) is 0 Å². The average Bonchev–Trinajstić information content (AvgIpc) is 3.69. The number of para-hydroxylation sites is 1. The molecule has 0 N–H and O–H groups in total. The van der Waals surface area contributed by atoms with Crippen molar-refractivity contribution in [3.8, 4) is 44.5 Å². The van der Waals surface area contributed by atoms with Crippen LogP contribution in [0.25, 0.3) is 88.0 Å². The van der Waals surface area contributed by atoms with Gasteiger partial charge in [0, 0.05) is 27.7 Å². The van der Waals surface area contributed by atoms with E-state index in [1.165, 1.54) is 43.8 Å². The van der Waals surface area contributed by atoms with Crippen molar-refractivity contribution in [2.24, 2.45) is 0 Å². The SMILES string of the molecule is c1ccc(-c2cccc(N(c3ccc4ccc(-c5ccccc5)cc4c3)c3ccc(-c4ccc5ccc6oc7ccccc7c6c5c4)cc3-c3ccccc3)c2)cc1. The highest BCUT2D eigenvalue weighted by molar-refractivity contribution is 6.19. The van der Waals surface area contributed by atoms with Crippen LogP contribution in [0.1, 0.15) is 0 Å². The number of rotatable bonds is 7. The van der Waals surface area contributed by atoms with Crippen LogP contribution < -0.4 is 4.90 Å². The molecule has 58 heavy (non-hydrogen) atoms. The number of furan rings is 1. The molecule has 0 aliphatic heterocycles. The Morgan fingerprint density at radius 2 is 0.862 bits per heavy atom. The van der Waals surface area contributed by atoms with E-state index in [0.29, 0.717) is 0 Å². The minimum atomic E-state index is 0.908. The topological polar surface area (TPSA) is 16.4 Å². The molecule has 11 aromatic rings. The van der Waals surface area contributed by atoms with Gasteiger partial charge in [0.15, 0.2) is 0 Å². The van der Waals surface area contributed by atoms with Gasteiger partial charge in [0.05, 0.1) is 5.69 Å². The van der Waals surface area contributed by atoms with Gasteiger partial charge in [-0.3, -0.25) is 0 Å². The first kappa shape index (κ1) is 33.6. The molecule has 0 aliphatic rings. The maximum Gasteiger partial charge on any atom is 0.136 e. The first-order valence-electron chi connectivity index (χ1n) is 19.8. The monoisotopic (exact) mass is 739 g/mol. The van der Waals surface area contributed by atoms with Crippen LogP contribution in [0, 0.1) is 0 Å². The van der Waals surface area contributed by atoms with Crippen molar-refractivity contribution in [2.45, 2.75) is 0 Å². The van der Waals surface area contributed by atoms with Crippen molar-refractivity contribution in [2.75, 3.05) is 4.90 Å². The minimum Gasteiger partial charge on any atom is -0.456 e. The van der Waals surface area contributed by atoms with E-state index in [9.17, 15) is 0 Å². The largest absolute Gasteiger partial charge is 0.456 e. The van der Waals surface area contributed by atoms with Gasteiger partial charge in [-0.2, -0.15) is 0 Å². The van der Waals surface area contributed by atoms with Crippen molar-refractivity contribution in [1.82, 2.24) is 0 Å². The predicted molar refractivity (Wildman–Crippen MR) is 245 cm³/mol. The number of anilines is 3. The third-order valence-corrected chi connectivity index (χ3v) is 11.4. The minimum absolute atomic E-state index is 0.908. The molecule has 0 amide bonds. The Morgan fingerprint density at radius 3 is 1.64 bits per heavy atom. The highest BCUT2D eigenvalue weighted by atomic mass is 16.3. The van der Waals surface area contributed by atoms with Crippen LogP contribution in [-0.4, -0.2) is 0 Å². The molecule has 0 saturated carbocycles. The first-order chi connectivity index (χ1) is 28.7. The van der Waals surface area contributed by atoms with E-state index in [4.69, 9.17) is 4.42 Å². The molecule has 10 aromatic carbocycles. The number of nitrogens with zero attached hydrogens (tertiary/aromatic N) is 1. The van der Waals surface area contributed by atoms with E-state index >= 15 is 0 Å². The van der Waals surface area contributed by atoms with Crippen molar-refractivity contribution < 1.29 is 4.42 Å². The Morgan fingerprint density at radius 1 is 0.293 bits per heavy atom. The molecule has 0 atom stereocenters. The second-order valence-electron chi connectivity index (χ2n) is 14.9. The number of fused-ring (bicyclic) bond motifs is 6. The van der Waals surface area contributed by atoms with Crippen molar-refractivity contribution in [3.63, 3.8) is 0 Å². The van der Waals surface area contributed by atoms with E-state index < -0.39 is 0 Å². The first-order valence-corrected chi connectivity index (χ1v) is 19.8. The lowest BCUT2D eigenvalue weighted by Gasteiger charge is -2.29. The summed E-state index contributed by atoms with van der Waals surface area (Å²) in [5, 5.41) is 7.08. The molecule has 1 aromatic heterocycles. The van der Waals surface area contributed by atoms with Crippen LogP contribution in [0.15, 0.2) is 229 Å². The fourth-order valence-electron chi connectivity index (χ4n) is 8.55. The van der Waals surface area contributed by atoms with Crippen molar-refractivity contribution in [3.05, 3.63) is 224 Å². The summed E-state index contributed by atoms with van der Waals surface area (Å²) in [7, 11) is 0. The van der Waals surface area contributed by atoms with Gasteiger partial charge in [-0.1, -0.05) is 164 Å². The normalized spacial score (nSPS) is 11.4. The standard InChI is InChI=1S/C56H37NO/c1-4-13-38(14-5-1)43-19-12-20-48(34-43)57(49-30-27-40-23-25-44(33-47(40)35-49)39-15-6-2-7-16-39)53-31-28-46(36-51(53)41-17-8-3-9-18-41)45-26-24-42-29-32-55-56(52(42)37-45)50-21-10-11-22-54(50)58-55/h1-37H. The lowest BCUT2D eigenvalue weighted by molar-refractivity contribution is 0.669. The average molecular weight is 740 g/mol. The molecule has 2 nitrogen and oxygen atoms in total. The summed E-state index contributed by atoms with van der Waals surface area (Å²) in [5.74, 6) is 0. The van der Waals surface area contributed by atoms with E-state index in [1.54, 1.807) is 0 Å². The van der Waals surface area contributed by atoms with Gasteiger partial charge in [-0.15, -0.1) is 0 Å². The van der Waals surface area contributed by atoms with Crippen LogP contribution in [0.5, 0.6) is 0 Å². The third kappa shape index (κ3) is 6.00. The highest BCUT2D eigenvalue weighted by Gasteiger charge is 2.20. The van der Waals surface area contributed by atoms with Crippen LogP contribution in [0.3, 0.4) is 0 Å². The molecule has 0 saturated heterocycles. The predicted octanol–water partition coefficient (Wildman–Crippen LogP) is 16.0. The third-order valence-electron chi connectivity index (χ3n) is 11.4. The second kappa shape index (κ2) is 14.1. The molecule has 1 heterocycles. The van der Waals surface area contributed by atoms with Crippen molar-refractivity contribution >= 4 is 60.5 Å². The van der Waals surface area contributed by atoms with Gasteiger partial charge in [-0.05, 0) is 121 Å². The molecule has 0 radical (unpaired) electrons. The van der Waals surface area contributed by atoms with E-state index in [1.807, 2.05) is 6.07 Å². The summed E-state index contributed by atoms with van der Waals surface area (Å²) in [6, 6.07) is 80.9. The number of hydrogen-bond acceptors (Lipinski definition) is 2. The molecule has 0 bridgehead atoms. The summed E-state index contributed by atoms with van der Waals surface area (Å²) >= 11 is 0. The van der Waals surface area contributed by atoms with Crippen LogP contribution in [0.4, 0.5) is 17.1 Å². The summed E-state index contributed by atoms with van der Waals surface area (Å²) in [5.41, 5.74) is 14.5. The molecule has 0 spiro atoms. The zero-order valence-electron chi connectivity index (χ0n) is 31.7. The van der Waals surface area contributed by atoms with Gasteiger partial charge in [0.1, 0.15) is 11.2 Å². The smallest absolute Gasteiger partial charge is 0.136 e. The Bertz CT molecular complexity index is 3270. The van der Waals surface area contributed by atoms with Crippen LogP contribution in [-0.2, 0) is 0 Å². The maximum absolute atomic E-state index is 6.30. The lowest BCUT2D eigenvalue weighted by atomic mass is 9.94. The second-order valence-corrected chi connectivity index (χ2v) is 14.9. The molecule has 0 aliphatic carbocycles. The molecular formula is C56H37NO. The molecule has 0 unspecified atom stereocenters. The fraction of sp³-hybridized carbons (Fsp3) is 0. The molecule has 272 valence electrons. The Hall–Kier alpha value is -7.68. The summed E-state index contributed by atoms with van der Waals surface area (Å²) in [4.78, 5) is 2.43. The van der Waals surface area contributed by atoms with Crippen LogP contribution >= 0.6 is 0 Å². The zero-order valence-corrected chi connectivity index (χ0v) is 31.7. The lowest BCUT2D eigenvalue weighted by Crippen LogP contribution is -2.11. The molecule has 2 heteroatoms. The summed E-state index contributed by atoms with van der Waals surface area (Å²) in [6.07, 6.45) is 0. The van der Waals surface area contributed by atoms with Crippen LogP contribution in [0.2, 0.25) is 0 Å². The number of hydrogen-bond donors (Lipinski definition) is 0. The zero-order chi connectivity index (χ0) is 38.4. The Kier molecular flexibility index (Phi) is 8.19. The summed E-state index contributed by atoms with van der Waals surface area (Å²) < 4.78 is 6.30. The van der Waals surface area contributed by atoms with E-state index in [0.717, 1.165) is 61.3 Å². The van der Waals surface area contributed by atoms with Gasteiger partial charge >= 0.3 is 0 Å². The highest BCUT2D eigenvalue weighted by Crippen LogP contribution is 2.45. The van der Waals surface area contributed by atoms with Gasteiger partial charge in [0.2, 0.25) is 0 Å². The summed E-state index contributed by atoms with van der Waals surface area (Å²) in [6.45, 7) is 0. The maximum atomic E-state index is 6.30. The number of benzene rings is 10. The fourth-order valence-corrected chi connectivity index (χ4v) is 8.55. The Labute approximate surface area is 337 Å². The quantitative estimate of drug-likeness (QED) is 0.162. The van der Waals surface area contributed by atoms with E-state index in [2.05, 4.69) is 223 Å². The Balaban J connectivity index is 1.12. The van der Waals surface area contributed by atoms with Gasteiger partial charge < -0.3 is 9.32 Å².